The van der Waals surface area contributed by atoms with E-state index in [0.29, 0.717) is 12.3 Å². The fourth-order valence-electron chi connectivity index (χ4n) is 2.39. The van der Waals surface area contributed by atoms with E-state index in [1.165, 1.54) is 23.9 Å². The number of rotatable bonds is 6. The third-order valence-electron chi connectivity index (χ3n) is 3.75. The number of aromatic nitrogens is 2. The van der Waals surface area contributed by atoms with E-state index in [1.807, 2.05) is 41.9 Å². The largest absolute Gasteiger partial charge is 0.351 e. The van der Waals surface area contributed by atoms with Crippen molar-refractivity contribution < 1.29 is 9.18 Å². The third kappa shape index (κ3) is 4.48. The molecule has 0 radical (unpaired) electrons. The van der Waals surface area contributed by atoms with Crippen LogP contribution in [0.3, 0.4) is 0 Å². The van der Waals surface area contributed by atoms with Crippen LogP contribution in [-0.2, 0) is 18.4 Å². The number of nitrogens with one attached hydrogen (secondary N) is 1. The Kier molecular flexibility index (Phi) is 5.50. The van der Waals surface area contributed by atoms with Crippen molar-refractivity contribution in [3.63, 3.8) is 0 Å². The van der Waals surface area contributed by atoms with E-state index in [4.69, 9.17) is 0 Å². The molecule has 0 unspecified atom stereocenters. The molecule has 0 aliphatic heterocycles. The van der Waals surface area contributed by atoms with E-state index in [2.05, 4.69) is 10.3 Å². The number of amides is 1. The second-order valence-electron chi connectivity index (χ2n) is 5.54. The summed E-state index contributed by atoms with van der Waals surface area (Å²) in [5.74, 6) is -0.0172. The molecule has 25 heavy (non-hydrogen) atoms. The number of imidazole rings is 1. The average molecular weight is 355 g/mol. The lowest BCUT2D eigenvalue weighted by atomic mass is 10.2. The molecule has 0 fully saturated rings. The van der Waals surface area contributed by atoms with Gasteiger partial charge in [-0.25, -0.2) is 9.37 Å². The molecule has 0 saturated heterocycles. The number of thioether (sulfide) groups is 1. The standard InChI is InChI=1S/C19H18FN3OS/c1-23-17(15-7-9-16(20)10-8-15)12-22-19(23)25-13-18(24)21-11-14-5-3-2-4-6-14/h2-10,12H,11,13H2,1H3,(H,21,24). The van der Waals surface area contributed by atoms with Gasteiger partial charge < -0.3 is 9.88 Å². The third-order valence-corrected chi connectivity index (χ3v) is 4.79. The van der Waals surface area contributed by atoms with Gasteiger partial charge in [0.2, 0.25) is 5.91 Å². The van der Waals surface area contributed by atoms with Crippen molar-refractivity contribution in [3.05, 3.63) is 72.2 Å². The van der Waals surface area contributed by atoms with Crippen LogP contribution in [0.5, 0.6) is 0 Å². The van der Waals surface area contributed by atoms with E-state index in [9.17, 15) is 9.18 Å². The molecular weight excluding hydrogens is 337 g/mol. The van der Waals surface area contributed by atoms with Crippen LogP contribution >= 0.6 is 11.8 Å². The number of benzene rings is 2. The van der Waals surface area contributed by atoms with Crippen molar-refractivity contribution >= 4 is 17.7 Å². The first-order valence-corrected chi connectivity index (χ1v) is 8.83. The molecule has 3 rings (SSSR count). The van der Waals surface area contributed by atoms with Crippen LogP contribution in [0.15, 0.2) is 66.0 Å². The Bertz CT molecular complexity index is 847. The lowest BCUT2D eigenvalue weighted by Crippen LogP contribution is -2.24. The molecule has 0 saturated carbocycles. The van der Waals surface area contributed by atoms with Crippen molar-refractivity contribution in [2.45, 2.75) is 11.7 Å². The van der Waals surface area contributed by atoms with Gasteiger partial charge in [-0.15, -0.1) is 0 Å². The first kappa shape index (κ1) is 17.2. The second-order valence-corrected chi connectivity index (χ2v) is 6.49. The monoisotopic (exact) mass is 355 g/mol. The molecule has 4 nitrogen and oxygen atoms in total. The molecule has 1 aromatic heterocycles. The number of nitrogens with zero attached hydrogens (tertiary/aromatic N) is 2. The minimum Gasteiger partial charge on any atom is -0.351 e. The highest BCUT2D eigenvalue weighted by Gasteiger charge is 2.11. The Hall–Kier alpha value is -2.60. The normalized spacial score (nSPS) is 10.6. The van der Waals surface area contributed by atoms with Crippen LogP contribution < -0.4 is 5.32 Å². The predicted molar refractivity (Wildman–Crippen MR) is 97.6 cm³/mol. The van der Waals surface area contributed by atoms with Gasteiger partial charge in [0.15, 0.2) is 5.16 Å². The van der Waals surface area contributed by atoms with Gasteiger partial charge in [0.25, 0.3) is 0 Å². The highest BCUT2D eigenvalue weighted by molar-refractivity contribution is 7.99. The van der Waals surface area contributed by atoms with Gasteiger partial charge in [-0.05, 0) is 35.4 Å². The molecule has 1 N–H and O–H groups in total. The zero-order chi connectivity index (χ0) is 17.6. The molecule has 2 aromatic carbocycles. The summed E-state index contributed by atoms with van der Waals surface area (Å²) >= 11 is 1.37. The number of carbonyl (C=O) groups is 1. The van der Waals surface area contributed by atoms with Crippen LogP contribution in [0.1, 0.15) is 5.56 Å². The molecule has 0 aliphatic carbocycles. The first-order valence-electron chi connectivity index (χ1n) is 7.84. The number of hydrogen-bond donors (Lipinski definition) is 1. The van der Waals surface area contributed by atoms with Crippen molar-refractivity contribution in [2.75, 3.05) is 5.75 Å². The summed E-state index contributed by atoms with van der Waals surface area (Å²) in [7, 11) is 1.88. The van der Waals surface area contributed by atoms with E-state index >= 15 is 0 Å². The van der Waals surface area contributed by atoms with Crippen LogP contribution in [0, 0.1) is 5.82 Å². The molecule has 3 aromatic rings. The Morgan fingerprint density at radius 2 is 1.88 bits per heavy atom. The Labute approximate surface area is 150 Å². The molecule has 6 heteroatoms. The zero-order valence-electron chi connectivity index (χ0n) is 13.8. The zero-order valence-corrected chi connectivity index (χ0v) is 14.6. The summed E-state index contributed by atoms with van der Waals surface area (Å²) in [5, 5.41) is 3.64. The van der Waals surface area contributed by atoms with E-state index in [1.54, 1.807) is 18.3 Å². The maximum atomic E-state index is 13.0. The van der Waals surface area contributed by atoms with Crippen molar-refractivity contribution in [3.8, 4) is 11.3 Å². The van der Waals surface area contributed by atoms with Gasteiger partial charge >= 0.3 is 0 Å². The van der Waals surface area contributed by atoms with E-state index < -0.39 is 0 Å². The SMILES string of the molecule is Cn1c(-c2ccc(F)cc2)cnc1SCC(=O)NCc1ccccc1. The lowest BCUT2D eigenvalue weighted by Gasteiger charge is -2.07. The van der Waals surface area contributed by atoms with Gasteiger partial charge in [0.05, 0.1) is 17.6 Å². The number of halogens is 1. The fraction of sp³-hybridized carbons (Fsp3) is 0.158. The maximum Gasteiger partial charge on any atom is 0.230 e. The molecule has 0 aliphatic rings. The topological polar surface area (TPSA) is 46.9 Å². The molecule has 0 spiro atoms. The Balaban J connectivity index is 1.56. The van der Waals surface area contributed by atoms with Crippen LogP contribution in [-0.4, -0.2) is 21.2 Å². The van der Waals surface area contributed by atoms with E-state index in [0.717, 1.165) is 22.0 Å². The minimum absolute atomic E-state index is 0.0415. The van der Waals surface area contributed by atoms with E-state index in [-0.39, 0.29) is 11.7 Å². The van der Waals surface area contributed by atoms with Crippen molar-refractivity contribution in [2.24, 2.45) is 7.05 Å². The summed E-state index contributed by atoms with van der Waals surface area (Å²) in [5.41, 5.74) is 2.83. The molecule has 1 heterocycles. The van der Waals surface area contributed by atoms with Crippen LogP contribution in [0.25, 0.3) is 11.3 Å². The van der Waals surface area contributed by atoms with Crippen LogP contribution in [0.4, 0.5) is 4.39 Å². The summed E-state index contributed by atoms with van der Waals surface area (Å²) in [6.07, 6.45) is 1.73. The first-order chi connectivity index (χ1) is 12.1. The highest BCUT2D eigenvalue weighted by Crippen LogP contribution is 2.24. The van der Waals surface area contributed by atoms with Gasteiger partial charge in [0.1, 0.15) is 5.82 Å². The minimum atomic E-state index is -0.268. The van der Waals surface area contributed by atoms with Crippen molar-refractivity contribution in [1.29, 1.82) is 0 Å². The van der Waals surface area contributed by atoms with Crippen LogP contribution in [0.2, 0.25) is 0 Å². The van der Waals surface area contributed by atoms with Gasteiger partial charge in [-0.1, -0.05) is 42.1 Å². The second kappa shape index (κ2) is 7.98. The smallest absolute Gasteiger partial charge is 0.230 e. The molecule has 128 valence electrons. The highest BCUT2D eigenvalue weighted by atomic mass is 32.2. The van der Waals surface area contributed by atoms with Gasteiger partial charge in [-0.3, -0.25) is 4.79 Å². The molecule has 0 bridgehead atoms. The fourth-order valence-corrected chi connectivity index (χ4v) is 3.17. The molecular formula is C19H18FN3OS. The maximum absolute atomic E-state index is 13.0. The Morgan fingerprint density at radius 3 is 2.60 bits per heavy atom. The quantitative estimate of drug-likeness (QED) is 0.687. The molecule has 1 amide bonds. The number of hydrogen-bond acceptors (Lipinski definition) is 3. The van der Waals surface area contributed by atoms with Crippen molar-refractivity contribution in [1.82, 2.24) is 14.9 Å². The summed E-state index contributed by atoms with van der Waals surface area (Å²) < 4.78 is 14.9. The number of carbonyl (C=O) groups excluding carboxylic acids is 1. The summed E-state index contributed by atoms with van der Waals surface area (Å²) in [4.78, 5) is 16.4. The van der Waals surface area contributed by atoms with Gasteiger partial charge in [0, 0.05) is 13.6 Å². The lowest BCUT2D eigenvalue weighted by molar-refractivity contribution is -0.118. The molecule has 0 atom stereocenters. The Morgan fingerprint density at radius 1 is 1.16 bits per heavy atom. The van der Waals surface area contributed by atoms with Gasteiger partial charge in [-0.2, -0.15) is 0 Å². The predicted octanol–water partition coefficient (Wildman–Crippen LogP) is 3.63. The average Bonchev–Trinajstić information content (AvgIpc) is 3.00. The summed E-state index contributed by atoms with van der Waals surface area (Å²) in [6, 6.07) is 16.1. The summed E-state index contributed by atoms with van der Waals surface area (Å²) in [6.45, 7) is 0.516.